The molecule has 4 N–H and O–H groups in total. The van der Waals surface area contributed by atoms with Crippen molar-refractivity contribution in [2.75, 3.05) is 11.1 Å². The van der Waals surface area contributed by atoms with E-state index in [-0.39, 0.29) is 16.9 Å². The van der Waals surface area contributed by atoms with Gasteiger partial charge < -0.3 is 16.0 Å². The molecule has 1 aliphatic heterocycles. The molecule has 0 bridgehead atoms. The molecular weight excluding hydrogens is 424 g/mol. The number of hydrogen-bond acceptors (Lipinski definition) is 7. The average molecular weight is 438 g/mol. The van der Waals surface area contributed by atoms with Gasteiger partial charge in [0.2, 0.25) is 16.0 Å². The van der Waals surface area contributed by atoms with Gasteiger partial charge in [-0.25, -0.2) is 22.8 Å². The number of nitrogens with one attached hydrogen (secondary N) is 2. The maximum Gasteiger partial charge on any atom is 0.275 e. The van der Waals surface area contributed by atoms with Gasteiger partial charge in [0.15, 0.2) is 0 Å². The molecule has 0 aliphatic carbocycles. The molecule has 1 amide bonds. The van der Waals surface area contributed by atoms with Crippen LogP contribution in [0.25, 0.3) is 0 Å². The number of H-pyrrole nitrogens is 1. The molecule has 0 spiro atoms. The standard InChI is InChI=1S/C16H14B3FN6O4S/c1-15(7-31(29,30)26(14(21)25-15)16(17,18)19)9-4-8(2-3-10(9)20)24-13(28)11-5-23-12(27)6-22-11/h2-6H,7H2,1H3,(H2,21,25)(H,23,27)(H,24,28)/t15-/m0/s1. The Balaban J connectivity index is 2.00. The van der Waals surface area contributed by atoms with Crippen molar-refractivity contribution in [1.82, 2.24) is 14.3 Å². The number of halogens is 1. The van der Waals surface area contributed by atoms with Gasteiger partial charge in [0.1, 0.15) is 17.1 Å². The normalized spacial score (nSPS) is 20.7. The Labute approximate surface area is 180 Å². The van der Waals surface area contributed by atoms with Crippen molar-refractivity contribution in [2.24, 2.45) is 10.7 Å². The number of aromatic amines is 1. The van der Waals surface area contributed by atoms with E-state index in [0.29, 0.717) is 4.31 Å². The van der Waals surface area contributed by atoms with Crippen LogP contribution in [0.1, 0.15) is 23.0 Å². The van der Waals surface area contributed by atoms with Crippen molar-refractivity contribution in [3.05, 3.63) is 58.0 Å². The van der Waals surface area contributed by atoms with Gasteiger partial charge in [-0.15, -0.1) is 0 Å². The number of benzene rings is 1. The Hall–Kier alpha value is -3.09. The van der Waals surface area contributed by atoms with Crippen LogP contribution in [0.4, 0.5) is 10.1 Å². The highest BCUT2D eigenvalue weighted by molar-refractivity contribution is 7.90. The van der Waals surface area contributed by atoms with Crippen LogP contribution >= 0.6 is 0 Å². The van der Waals surface area contributed by atoms with Crippen LogP contribution in [0.3, 0.4) is 0 Å². The number of rotatable bonds is 4. The quantitative estimate of drug-likeness (QED) is 0.493. The van der Waals surface area contributed by atoms with Gasteiger partial charge in [-0.2, -0.15) is 0 Å². The van der Waals surface area contributed by atoms with Gasteiger partial charge in [0, 0.05) is 17.4 Å². The molecule has 1 aromatic carbocycles. The summed E-state index contributed by atoms with van der Waals surface area (Å²) in [5, 5.41) is 0.135. The van der Waals surface area contributed by atoms with Crippen LogP contribution in [0.5, 0.6) is 0 Å². The molecule has 31 heavy (non-hydrogen) atoms. The molecule has 0 saturated heterocycles. The summed E-state index contributed by atoms with van der Waals surface area (Å²) in [6.45, 7) is 1.34. The van der Waals surface area contributed by atoms with Crippen LogP contribution in [0.2, 0.25) is 0 Å². The minimum Gasteiger partial charge on any atom is -0.369 e. The minimum atomic E-state index is -4.28. The fourth-order valence-corrected chi connectivity index (χ4v) is 5.01. The number of aromatic nitrogens is 2. The summed E-state index contributed by atoms with van der Waals surface area (Å²) in [6.07, 6.45) is 2.03. The highest BCUT2D eigenvalue weighted by atomic mass is 32.2. The van der Waals surface area contributed by atoms with Crippen LogP contribution in [0, 0.1) is 5.82 Å². The third-order valence-corrected chi connectivity index (χ3v) is 6.36. The van der Waals surface area contributed by atoms with Crippen molar-refractivity contribution >= 4 is 51.1 Å². The molecule has 2 heterocycles. The average Bonchev–Trinajstić information content (AvgIpc) is 2.60. The van der Waals surface area contributed by atoms with Crippen LogP contribution in [-0.2, 0) is 15.6 Å². The third-order valence-electron chi connectivity index (χ3n) is 4.37. The zero-order valence-corrected chi connectivity index (χ0v) is 17.0. The van der Waals surface area contributed by atoms with Crippen molar-refractivity contribution in [2.45, 2.75) is 17.7 Å². The molecule has 0 unspecified atom stereocenters. The summed E-state index contributed by atoms with van der Waals surface area (Å²) in [5.41, 5.74) is 3.43. The monoisotopic (exact) mass is 438 g/mol. The van der Waals surface area contributed by atoms with Gasteiger partial charge in [0.05, 0.1) is 35.5 Å². The molecule has 6 radical (unpaired) electrons. The van der Waals surface area contributed by atoms with E-state index in [9.17, 15) is 22.4 Å². The number of guanidine groups is 1. The van der Waals surface area contributed by atoms with E-state index in [4.69, 9.17) is 29.3 Å². The van der Waals surface area contributed by atoms with Gasteiger partial charge in [0.25, 0.3) is 11.5 Å². The Kier molecular flexibility index (Phi) is 5.51. The lowest BCUT2D eigenvalue weighted by atomic mass is 9.49. The van der Waals surface area contributed by atoms with E-state index >= 15 is 0 Å². The minimum absolute atomic E-state index is 0.0972. The van der Waals surface area contributed by atoms with Crippen molar-refractivity contribution in [3.63, 3.8) is 0 Å². The van der Waals surface area contributed by atoms with E-state index < -0.39 is 49.8 Å². The first-order valence-electron chi connectivity index (χ1n) is 8.64. The third kappa shape index (κ3) is 4.50. The molecule has 154 valence electrons. The molecule has 1 aromatic heterocycles. The number of aliphatic imine (C=N–C) groups is 1. The number of nitrogens with two attached hydrogens (primary N) is 1. The Morgan fingerprint density at radius 1 is 1.39 bits per heavy atom. The number of nitrogens with zero attached hydrogens (tertiary/aromatic N) is 3. The summed E-state index contributed by atoms with van der Waals surface area (Å²) in [4.78, 5) is 33.4. The van der Waals surface area contributed by atoms with Crippen molar-refractivity contribution < 1.29 is 17.6 Å². The van der Waals surface area contributed by atoms with Crippen LogP contribution in [0.15, 0.2) is 40.4 Å². The fourth-order valence-electron chi connectivity index (χ4n) is 3.15. The van der Waals surface area contributed by atoms with E-state index in [1.54, 1.807) is 0 Å². The van der Waals surface area contributed by atoms with Gasteiger partial charge in [-0.05, 0) is 25.1 Å². The van der Waals surface area contributed by atoms with Crippen molar-refractivity contribution in [1.29, 1.82) is 0 Å². The summed E-state index contributed by atoms with van der Waals surface area (Å²) in [6, 6.07) is 3.49. The van der Waals surface area contributed by atoms with Gasteiger partial charge in [-0.1, -0.05) is 5.24 Å². The first kappa shape index (κ1) is 22.6. The fraction of sp³-hybridized carbons (Fsp3) is 0.250. The molecular formula is C16H14B3FN6O4S. The second-order valence-electron chi connectivity index (χ2n) is 7.10. The van der Waals surface area contributed by atoms with Crippen molar-refractivity contribution in [3.8, 4) is 0 Å². The van der Waals surface area contributed by atoms with Gasteiger partial charge >= 0.3 is 0 Å². The lowest BCUT2D eigenvalue weighted by Gasteiger charge is -2.43. The van der Waals surface area contributed by atoms with E-state index in [1.807, 2.05) is 0 Å². The van der Waals surface area contributed by atoms with E-state index in [2.05, 4.69) is 20.3 Å². The predicted molar refractivity (Wildman–Crippen MR) is 114 cm³/mol. The summed E-state index contributed by atoms with van der Waals surface area (Å²) < 4.78 is 40.4. The Morgan fingerprint density at radius 2 is 2.06 bits per heavy atom. The topological polar surface area (TPSA) is 151 Å². The largest absolute Gasteiger partial charge is 0.369 e. The summed E-state index contributed by atoms with van der Waals surface area (Å²) >= 11 is 0. The molecule has 3 rings (SSSR count). The maximum absolute atomic E-state index is 14.7. The molecule has 0 fully saturated rings. The highest BCUT2D eigenvalue weighted by Crippen LogP contribution is 2.36. The maximum atomic E-state index is 14.7. The molecule has 0 saturated carbocycles. The number of anilines is 1. The van der Waals surface area contributed by atoms with E-state index in [0.717, 1.165) is 18.5 Å². The summed E-state index contributed by atoms with van der Waals surface area (Å²) in [7, 11) is 12.1. The van der Waals surface area contributed by atoms with Gasteiger partial charge in [-0.3, -0.25) is 13.9 Å². The number of sulfonamides is 1. The second kappa shape index (κ2) is 7.55. The highest BCUT2D eigenvalue weighted by Gasteiger charge is 2.45. The number of amides is 1. The first-order chi connectivity index (χ1) is 14.2. The van der Waals surface area contributed by atoms with Crippen LogP contribution < -0.4 is 16.6 Å². The number of hydrogen-bond donors (Lipinski definition) is 3. The number of carbonyl (C=O) groups excluding carboxylic acids is 1. The molecule has 2 aromatic rings. The molecule has 15 heteroatoms. The predicted octanol–water partition coefficient (Wildman–Crippen LogP) is -1.55. The van der Waals surface area contributed by atoms with Crippen LogP contribution in [-0.4, -0.2) is 69.1 Å². The Bertz CT molecular complexity index is 1230. The molecule has 1 aliphatic rings. The SMILES string of the molecule is [B]C([B])([B])N1C(N)=N[C@](C)(c2cc(NC(=O)c3c[nH]c(=O)cn3)ccc2F)CS1(=O)=O. The lowest BCUT2D eigenvalue weighted by molar-refractivity contribution is 0.102. The van der Waals surface area contributed by atoms with E-state index in [1.165, 1.54) is 19.1 Å². The number of carbonyl (C=O) groups is 1. The molecule has 1 atom stereocenters. The zero-order valence-electron chi connectivity index (χ0n) is 16.2. The lowest BCUT2D eigenvalue weighted by Crippen LogP contribution is -2.63. The smallest absolute Gasteiger partial charge is 0.275 e. The summed E-state index contributed by atoms with van der Waals surface area (Å²) in [5.74, 6) is -2.84. The second-order valence-corrected chi connectivity index (χ2v) is 8.91. The Morgan fingerprint density at radius 3 is 2.61 bits per heavy atom. The molecule has 10 nitrogen and oxygen atoms in total. The first-order valence-corrected chi connectivity index (χ1v) is 10.2. The zero-order chi connectivity index (χ0) is 23.2.